The lowest BCUT2D eigenvalue weighted by molar-refractivity contribution is -0.125. The van der Waals surface area contributed by atoms with Gasteiger partial charge < -0.3 is 4.74 Å². The number of para-hydroxylation sites is 1. The molecular weight excluding hydrogens is 377 g/mol. The summed E-state index contributed by atoms with van der Waals surface area (Å²) in [6.07, 6.45) is 3.74. The van der Waals surface area contributed by atoms with E-state index in [9.17, 15) is 9.18 Å². The summed E-state index contributed by atoms with van der Waals surface area (Å²) in [5.41, 5.74) is 1.69. The van der Waals surface area contributed by atoms with Gasteiger partial charge in [-0.1, -0.05) is 42.1 Å². The Balaban J connectivity index is 1.77. The Labute approximate surface area is 167 Å². The fourth-order valence-electron chi connectivity index (χ4n) is 2.76. The number of amidine groups is 1. The maximum absolute atomic E-state index is 13.1. The Hall–Kier alpha value is -2.93. The van der Waals surface area contributed by atoms with E-state index in [4.69, 9.17) is 4.74 Å². The van der Waals surface area contributed by atoms with Crippen LogP contribution in [0.5, 0.6) is 5.75 Å². The molecule has 1 amide bonds. The molecule has 0 N–H and O–H groups in total. The number of amides is 1. The average Bonchev–Trinajstić information content (AvgIpc) is 2.99. The van der Waals surface area contributed by atoms with Crippen molar-refractivity contribution in [2.45, 2.75) is 11.7 Å². The van der Waals surface area contributed by atoms with Gasteiger partial charge in [-0.15, -0.1) is 11.7 Å². The third kappa shape index (κ3) is 4.67. The second kappa shape index (κ2) is 9.32. The highest BCUT2D eigenvalue weighted by molar-refractivity contribution is 8.15. The number of benzene rings is 2. The number of nitrogens with zero attached hydrogens (tertiary/aromatic N) is 3. The van der Waals surface area contributed by atoms with Gasteiger partial charge in [-0.3, -0.25) is 9.69 Å². The second-order valence-electron chi connectivity index (χ2n) is 6.04. The Kier molecular flexibility index (Phi) is 6.60. The number of ether oxygens (including phenoxy) is 1. The Morgan fingerprint density at radius 2 is 2.00 bits per heavy atom. The highest BCUT2D eigenvalue weighted by atomic mass is 32.2. The van der Waals surface area contributed by atoms with Crippen molar-refractivity contribution in [3.8, 4) is 5.75 Å². The number of carbonyl (C=O) groups is 1. The molecule has 0 aliphatic carbocycles. The maximum Gasteiger partial charge on any atom is 0.242 e. The van der Waals surface area contributed by atoms with E-state index in [-0.39, 0.29) is 17.0 Å². The van der Waals surface area contributed by atoms with Gasteiger partial charge in [0.05, 0.1) is 18.6 Å². The van der Waals surface area contributed by atoms with Gasteiger partial charge >= 0.3 is 0 Å². The minimum atomic E-state index is -0.328. The molecule has 1 aliphatic rings. The van der Waals surface area contributed by atoms with Crippen molar-refractivity contribution in [1.82, 2.24) is 4.90 Å². The molecule has 3 rings (SSSR count). The van der Waals surface area contributed by atoms with Crippen LogP contribution in [0.1, 0.15) is 11.1 Å². The topological polar surface area (TPSA) is 54.3 Å². The van der Waals surface area contributed by atoms with Crippen molar-refractivity contribution < 1.29 is 13.9 Å². The van der Waals surface area contributed by atoms with E-state index in [1.54, 1.807) is 36.4 Å². The number of carbonyl (C=O) groups excluding carboxylic acids is 1. The van der Waals surface area contributed by atoms with Crippen LogP contribution >= 0.6 is 11.8 Å². The zero-order chi connectivity index (χ0) is 19.9. The van der Waals surface area contributed by atoms with Crippen molar-refractivity contribution in [3.63, 3.8) is 0 Å². The van der Waals surface area contributed by atoms with E-state index in [2.05, 4.69) is 16.8 Å². The number of thioether (sulfide) groups is 1. The zero-order valence-electron chi connectivity index (χ0n) is 15.4. The third-order valence-electron chi connectivity index (χ3n) is 4.15. The number of hydrogen-bond acceptors (Lipinski definition) is 5. The summed E-state index contributed by atoms with van der Waals surface area (Å²) in [6, 6.07) is 13.6. The van der Waals surface area contributed by atoms with Crippen LogP contribution in [0.3, 0.4) is 0 Å². The van der Waals surface area contributed by atoms with E-state index in [0.717, 1.165) is 11.1 Å². The highest BCUT2D eigenvalue weighted by Crippen LogP contribution is 2.30. The third-order valence-corrected chi connectivity index (χ3v) is 5.31. The largest absolute Gasteiger partial charge is 0.496 e. The standard InChI is InChI=1S/C21H20FN3O2S/c1-3-12-25-20(26)19(13-15-8-10-17(22)11-9-15)28-21(25)24-23-14-16-6-4-5-7-18(16)27-2/h3-11,14,19H,1,12-13H2,2H3. The van der Waals surface area contributed by atoms with Crippen molar-refractivity contribution >= 4 is 29.1 Å². The van der Waals surface area contributed by atoms with Crippen LogP contribution in [0.15, 0.2) is 71.4 Å². The molecule has 0 radical (unpaired) electrons. The molecule has 2 aromatic rings. The molecule has 1 fully saturated rings. The molecule has 1 unspecified atom stereocenters. The lowest BCUT2D eigenvalue weighted by Gasteiger charge is -2.12. The van der Waals surface area contributed by atoms with Crippen molar-refractivity contribution in [2.24, 2.45) is 10.2 Å². The summed E-state index contributed by atoms with van der Waals surface area (Å²) in [6.45, 7) is 4.06. The molecule has 1 aliphatic heterocycles. The summed E-state index contributed by atoms with van der Waals surface area (Å²) < 4.78 is 18.4. The first-order valence-corrected chi connectivity index (χ1v) is 9.57. The lowest BCUT2D eigenvalue weighted by atomic mass is 10.1. The van der Waals surface area contributed by atoms with Gasteiger partial charge in [0, 0.05) is 12.1 Å². The fraction of sp³-hybridized carbons (Fsp3) is 0.190. The Morgan fingerprint density at radius 1 is 1.25 bits per heavy atom. The molecule has 1 atom stereocenters. The van der Waals surface area contributed by atoms with Gasteiger partial charge in [0.2, 0.25) is 5.91 Å². The molecule has 28 heavy (non-hydrogen) atoms. The SMILES string of the molecule is C=CCN1C(=O)C(Cc2ccc(F)cc2)SC1=NN=Cc1ccccc1OC. The van der Waals surface area contributed by atoms with Crippen LogP contribution in [0.2, 0.25) is 0 Å². The van der Waals surface area contributed by atoms with Crippen LogP contribution in [0, 0.1) is 5.82 Å². The predicted molar refractivity (Wildman–Crippen MR) is 111 cm³/mol. The summed E-state index contributed by atoms with van der Waals surface area (Å²) in [7, 11) is 1.59. The van der Waals surface area contributed by atoms with Crippen LogP contribution in [-0.4, -0.2) is 41.1 Å². The van der Waals surface area contributed by atoms with Crippen LogP contribution in [-0.2, 0) is 11.2 Å². The fourth-order valence-corrected chi connectivity index (χ4v) is 3.91. The first-order chi connectivity index (χ1) is 13.6. The van der Waals surface area contributed by atoms with Gasteiger partial charge in [-0.25, -0.2) is 4.39 Å². The van der Waals surface area contributed by atoms with Crippen LogP contribution in [0.25, 0.3) is 0 Å². The summed E-state index contributed by atoms with van der Waals surface area (Å²) in [5, 5.41) is 8.57. The highest BCUT2D eigenvalue weighted by Gasteiger charge is 2.37. The van der Waals surface area contributed by atoms with Gasteiger partial charge in [0.25, 0.3) is 0 Å². The molecule has 0 spiro atoms. The summed E-state index contributed by atoms with van der Waals surface area (Å²) >= 11 is 1.35. The molecule has 2 aromatic carbocycles. The monoisotopic (exact) mass is 397 g/mol. The van der Waals surface area contributed by atoms with E-state index in [0.29, 0.717) is 23.9 Å². The van der Waals surface area contributed by atoms with E-state index >= 15 is 0 Å². The molecule has 5 nitrogen and oxygen atoms in total. The minimum Gasteiger partial charge on any atom is -0.496 e. The molecule has 7 heteroatoms. The minimum absolute atomic E-state index is 0.0551. The zero-order valence-corrected chi connectivity index (χ0v) is 16.2. The summed E-state index contributed by atoms with van der Waals surface area (Å²) in [5.74, 6) is 0.342. The Morgan fingerprint density at radius 3 is 2.71 bits per heavy atom. The van der Waals surface area contributed by atoms with Crippen LogP contribution < -0.4 is 4.74 Å². The molecular formula is C21H20FN3O2S. The Bertz CT molecular complexity index is 912. The van der Waals surface area contributed by atoms with E-state index < -0.39 is 0 Å². The maximum atomic E-state index is 13.1. The van der Waals surface area contributed by atoms with Crippen molar-refractivity contribution in [1.29, 1.82) is 0 Å². The molecule has 144 valence electrons. The molecule has 0 saturated carbocycles. The van der Waals surface area contributed by atoms with Crippen molar-refractivity contribution in [2.75, 3.05) is 13.7 Å². The van der Waals surface area contributed by atoms with Gasteiger partial charge in [-0.05, 0) is 36.2 Å². The van der Waals surface area contributed by atoms with Crippen LogP contribution in [0.4, 0.5) is 4.39 Å². The predicted octanol–water partition coefficient (Wildman–Crippen LogP) is 3.90. The van der Waals surface area contributed by atoms with Gasteiger partial charge in [0.15, 0.2) is 5.17 Å². The molecule has 1 saturated heterocycles. The van der Waals surface area contributed by atoms with E-state index in [1.807, 2.05) is 24.3 Å². The molecule has 0 bridgehead atoms. The van der Waals surface area contributed by atoms with Gasteiger partial charge in [-0.2, -0.15) is 5.10 Å². The second-order valence-corrected chi connectivity index (χ2v) is 7.21. The number of hydrogen-bond donors (Lipinski definition) is 0. The van der Waals surface area contributed by atoms with E-state index in [1.165, 1.54) is 23.9 Å². The smallest absolute Gasteiger partial charge is 0.242 e. The number of halogens is 1. The first-order valence-electron chi connectivity index (χ1n) is 8.69. The normalized spacial score (nSPS) is 18.2. The molecule has 1 heterocycles. The quantitative estimate of drug-likeness (QED) is 0.405. The number of methoxy groups -OCH3 is 1. The summed E-state index contributed by atoms with van der Waals surface area (Å²) in [4.78, 5) is 14.3. The lowest BCUT2D eigenvalue weighted by Crippen LogP contribution is -2.32. The van der Waals surface area contributed by atoms with Gasteiger partial charge in [0.1, 0.15) is 11.6 Å². The number of rotatable bonds is 7. The first kappa shape index (κ1) is 19.8. The average molecular weight is 397 g/mol. The molecule has 0 aromatic heterocycles. The van der Waals surface area contributed by atoms with Crippen molar-refractivity contribution in [3.05, 3.63) is 78.1 Å².